The molecule has 0 aliphatic carbocycles. The number of sulfone groups is 1. The molecule has 2 aromatic heterocycles. The lowest BCUT2D eigenvalue weighted by Gasteiger charge is -2.27. The fourth-order valence-electron chi connectivity index (χ4n) is 5.08. The highest BCUT2D eigenvalue weighted by Crippen LogP contribution is 2.29. The van der Waals surface area contributed by atoms with Crippen molar-refractivity contribution in [2.75, 3.05) is 5.75 Å². The molecular weight excluding hydrogens is 590 g/mol. The minimum Gasteiger partial charge on any atom is -0.478 e. The van der Waals surface area contributed by atoms with Crippen molar-refractivity contribution in [1.29, 1.82) is 0 Å². The summed E-state index contributed by atoms with van der Waals surface area (Å²) in [5.41, 5.74) is 2.67. The third-order valence-corrected chi connectivity index (χ3v) is 9.86. The maximum Gasteiger partial charge on any atom is 0.335 e. The van der Waals surface area contributed by atoms with Crippen LogP contribution in [0, 0.1) is 18.2 Å². The molecule has 3 aromatic carbocycles. The molecule has 0 radical (unpaired) electrons. The Morgan fingerprint density at radius 1 is 1.02 bits per heavy atom. The molecule has 3 heterocycles. The van der Waals surface area contributed by atoms with E-state index >= 15 is 4.39 Å². The molecule has 12 heteroatoms. The number of carboxylic acid groups (broad SMARTS) is 1. The second-order valence-corrected chi connectivity index (χ2v) is 12.8. The summed E-state index contributed by atoms with van der Waals surface area (Å²) in [5.74, 6) is -1.48. The van der Waals surface area contributed by atoms with Crippen LogP contribution in [0.25, 0.3) is 27.1 Å². The lowest BCUT2D eigenvalue weighted by molar-refractivity contribution is 0.0697. The van der Waals surface area contributed by atoms with E-state index in [1.165, 1.54) is 30.3 Å². The van der Waals surface area contributed by atoms with Gasteiger partial charge in [-0.25, -0.2) is 36.8 Å². The number of hydrogen-bond acceptors (Lipinski definition) is 6. The highest BCUT2D eigenvalue weighted by atomic mass is 32.2. The van der Waals surface area contributed by atoms with Crippen molar-refractivity contribution >= 4 is 32.5 Å². The molecule has 1 saturated heterocycles. The number of nitrogens with zero attached hydrogens (tertiary/aromatic N) is 4. The van der Waals surface area contributed by atoms with Crippen LogP contribution in [-0.4, -0.2) is 45.0 Å². The fraction of sp³-hybridized carbons (Fsp3) is 0.188. The van der Waals surface area contributed by atoms with Crippen LogP contribution in [0.2, 0.25) is 0 Å². The number of ether oxygens (including phenoxy) is 1. The van der Waals surface area contributed by atoms with Crippen LogP contribution >= 0.6 is 0 Å². The Morgan fingerprint density at radius 2 is 1.82 bits per heavy atom. The van der Waals surface area contributed by atoms with Gasteiger partial charge in [-0.3, -0.25) is 0 Å². The van der Waals surface area contributed by atoms with E-state index in [2.05, 4.69) is 14.8 Å². The molecule has 9 nitrogen and oxygen atoms in total. The maximum atomic E-state index is 15.5. The van der Waals surface area contributed by atoms with Gasteiger partial charge in [-0.05, 0) is 48.4 Å². The van der Waals surface area contributed by atoms with Gasteiger partial charge in [0.15, 0.2) is 15.5 Å². The predicted octanol–water partition coefficient (Wildman–Crippen LogP) is 5.98. The Labute approximate surface area is 251 Å². The highest BCUT2D eigenvalue weighted by Gasteiger charge is 2.36. The van der Waals surface area contributed by atoms with Crippen LogP contribution in [0.5, 0.6) is 5.88 Å². The van der Waals surface area contributed by atoms with E-state index in [9.17, 15) is 22.7 Å². The second kappa shape index (κ2) is 11.5. The summed E-state index contributed by atoms with van der Waals surface area (Å²) in [5, 5.41) is 8.86. The van der Waals surface area contributed by atoms with Gasteiger partial charge in [0.05, 0.1) is 39.9 Å². The van der Waals surface area contributed by atoms with E-state index < -0.39 is 32.7 Å². The van der Waals surface area contributed by atoms with Crippen LogP contribution in [0.3, 0.4) is 0 Å². The molecule has 1 aliphatic heterocycles. The summed E-state index contributed by atoms with van der Waals surface area (Å²) in [4.78, 5) is 23.8. The summed E-state index contributed by atoms with van der Waals surface area (Å²) in [7, 11) is -3.24. The van der Waals surface area contributed by atoms with Crippen LogP contribution in [0.1, 0.15) is 33.7 Å². The number of pyridine rings is 1. The van der Waals surface area contributed by atoms with Gasteiger partial charge in [-0.2, -0.15) is 0 Å². The molecule has 1 unspecified atom stereocenters. The summed E-state index contributed by atoms with van der Waals surface area (Å²) < 4.78 is 61.6. The highest BCUT2D eigenvalue weighted by molar-refractivity contribution is 7.93. The molecule has 6 rings (SSSR count). The van der Waals surface area contributed by atoms with Gasteiger partial charge >= 0.3 is 5.97 Å². The number of carboxylic acids is 1. The Hall–Kier alpha value is -5.15. The van der Waals surface area contributed by atoms with Crippen LogP contribution in [0.4, 0.5) is 14.5 Å². The lowest BCUT2D eigenvalue weighted by Crippen LogP contribution is -2.40. The molecule has 222 valence electrons. The van der Waals surface area contributed by atoms with E-state index in [0.29, 0.717) is 40.1 Å². The van der Waals surface area contributed by atoms with Crippen molar-refractivity contribution in [3.8, 4) is 17.1 Å². The zero-order chi connectivity index (χ0) is 31.0. The van der Waals surface area contributed by atoms with E-state index in [1.54, 1.807) is 41.0 Å². The van der Waals surface area contributed by atoms with Crippen LogP contribution < -0.4 is 4.74 Å². The Balaban J connectivity index is 1.25. The van der Waals surface area contributed by atoms with Gasteiger partial charge in [0.25, 0.3) is 0 Å². The molecule has 5 aromatic rings. The summed E-state index contributed by atoms with van der Waals surface area (Å²) in [6, 6.07) is 18.1. The average Bonchev–Trinajstić information content (AvgIpc) is 3.35. The van der Waals surface area contributed by atoms with Gasteiger partial charge in [-0.1, -0.05) is 30.3 Å². The molecule has 0 spiro atoms. The first-order chi connectivity index (χ1) is 21.1. The van der Waals surface area contributed by atoms with E-state index in [4.69, 9.17) is 11.3 Å². The van der Waals surface area contributed by atoms with E-state index in [0.717, 1.165) is 6.07 Å². The largest absolute Gasteiger partial charge is 0.478 e. The Bertz CT molecular complexity index is 2090. The van der Waals surface area contributed by atoms with E-state index in [-0.39, 0.29) is 48.0 Å². The standard InChI is InChI=1S/C32H24F2N4O5S/c1-35-23-9-7-22(26(34)16-23)18-43-31-4-2-3-27(37-31)20-6-5-19(25(33)13-20)15-30-36-28-10-8-21(32(39)40)14-29(28)38(30)17-24-11-12-44(24,41)42/h2-10,13-14,16,24H,11-12,15,17-18H2,(H,39,40). The minimum atomic E-state index is -3.24. The van der Waals surface area contributed by atoms with Crippen molar-refractivity contribution in [2.24, 2.45) is 0 Å². The summed E-state index contributed by atoms with van der Waals surface area (Å²) in [6.45, 7) is 6.98. The SMILES string of the molecule is [C-]#[N+]c1ccc(COc2cccc(-c3ccc(Cc4nc5ccc(C(=O)O)cc5n4CC4CCS4(=O)=O)c(F)c3)n2)c(F)c1. The molecule has 0 amide bonds. The van der Waals surface area contributed by atoms with Crippen molar-refractivity contribution in [3.63, 3.8) is 0 Å². The molecule has 0 saturated carbocycles. The number of rotatable bonds is 9. The number of aromatic carboxylic acids is 1. The molecule has 1 N–H and O–H groups in total. The quantitative estimate of drug-likeness (QED) is 0.203. The zero-order valence-electron chi connectivity index (χ0n) is 23.1. The van der Waals surface area contributed by atoms with Gasteiger partial charge in [0, 0.05) is 30.2 Å². The first-order valence-electron chi connectivity index (χ1n) is 13.6. The topological polar surface area (TPSA) is 116 Å². The minimum absolute atomic E-state index is 0.0408. The van der Waals surface area contributed by atoms with Crippen molar-refractivity contribution in [3.05, 3.63) is 118 Å². The molecule has 1 aliphatic rings. The first-order valence-corrected chi connectivity index (χ1v) is 15.3. The third kappa shape index (κ3) is 5.74. The number of benzene rings is 3. The third-order valence-electron chi connectivity index (χ3n) is 7.65. The van der Waals surface area contributed by atoms with Gasteiger partial charge < -0.3 is 14.4 Å². The number of imidazole rings is 1. The van der Waals surface area contributed by atoms with E-state index in [1.807, 2.05) is 0 Å². The van der Waals surface area contributed by atoms with Gasteiger partial charge in [0.2, 0.25) is 5.88 Å². The maximum absolute atomic E-state index is 15.5. The molecule has 1 fully saturated rings. The van der Waals surface area contributed by atoms with Gasteiger partial charge in [-0.15, -0.1) is 0 Å². The number of halogens is 2. The predicted molar refractivity (Wildman–Crippen MR) is 158 cm³/mol. The number of hydrogen-bond donors (Lipinski definition) is 1. The number of aromatic nitrogens is 3. The number of carbonyl (C=O) groups is 1. The van der Waals surface area contributed by atoms with Crippen molar-refractivity contribution < 1.29 is 31.8 Å². The lowest BCUT2D eigenvalue weighted by atomic mass is 10.1. The van der Waals surface area contributed by atoms with Crippen molar-refractivity contribution in [1.82, 2.24) is 14.5 Å². The molecule has 44 heavy (non-hydrogen) atoms. The molecule has 0 bridgehead atoms. The fourth-order valence-corrected chi connectivity index (χ4v) is 6.41. The van der Waals surface area contributed by atoms with Crippen molar-refractivity contribution in [2.45, 2.75) is 31.2 Å². The summed E-state index contributed by atoms with van der Waals surface area (Å²) >= 11 is 0. The average molecular weight is 615 g/mol. The Kier molecular flexibility index (Phi) is 7.57. The molecular formula is C32H24F2N4O5S. The smallest absolute Gasteiger partial charge is 0.335 e. The first kappa shape index (κ1) is 28.9. The monoisotopic (exact) mass is 614 g/mol. The molecule has 1 atom stereocenters. The van der Waals surface area contributed by atoms with Crippen LogP contribution in [0.15, 0.2) is 72.8 Å². The summed E-state index contributed by atoms with van der Waals surface area (Å²) in [6.07, 6.45) is 0.534. The number of fused-ring (bicyclic) bond motifs is 1. The van der Waals surface area contributed by atoms with Crippen LogP contribution in [-0.2, 0) is 29.4 Å². The Morgan fingerprint density at radius 3 is 2.50 bits per heavy atom. The second-order valence-electron chi connectivity index (χ2n) is 10.4. The normalized spacial score (nSPS) is 15.4. The van der Waals surface area contributed by atoms with Gasteiger partial charge in [0.1, 0.15) is 24.1 Å². The zero-order valence-corrected chi connectivity index (χ0v) is 23.9.